The minimum atomic E-state index is -0.350. The summed E-state index contributed by atoms with van der Waals surface area (Å²) in [5, 5.41) is 9.42. The summed E-state index contributed by atoms with van der Waals surface area (Å²) in [7, 11) is 1.38. The summed E-state index contributed by atoms with van der Waals surface area (Å²) in [6.45, 7) is 1.69. The van der Waals surface area contributed by atoms with Gasteiger partial charge in [0.2, 0.25) is 0 Å². The number of oxime groups is 1. The monoisotopic (exact) mass is 251 g/mol. The van der Waals surface area contributed by atoms with E-state index in [0.717, 1.165) is 0 Å². The molecule has 0 spiro atoms. The van der Waals surface area contributed by atoms with E-state index >= 15 is 0 Å². The zero-order chi connectivity index (χ0) is 12.4. The van der Waals surface area contributed by atoms with Gasteiger partial charge in [0.15, 0.2) is 5.71 Å². The maximum absolute atomic E-state index is 12.0. The summed E-state index contributed by atoms with van der Waals surface area (Å²) in [6, 6.07) is 6.98. The lowest BCUT2D eigenvalue weighted by Crippen LogP contribution is -2.27. The van der Waals surface area contributed by atoms with Crippen LogP contribution in [-0.2, 0) is 9.63 Å². The number of rotatable bonds is 2. The highest BCUT2D eigenvalue weighted by Crippen LogP contribution is 2.27. The topological polar surface area (TPSA) is 54.3 Å². The molecule has 5 nitrogen and oxygen atoms in total. The van der Waals surface area contributed by atoms with Gasteiger partial charge in [-0.3, -0.25) is 4.79 Å². The van der Waals surface area contributed by atoms with Gasteiger partial charge in [-0.1, -0.05) is 28.9 Å². The number of carbonyl (C=O) groups excluding carboxylic acids is 1. The van der Waals surface area contributed by atoms with E-state index in [1.807, 2.05) is 0 Å². The average molecular weight is 252 g/mol. The summed E-state index contributed by atoms with van der Waals surface area (Å²) in [6.07, 6.45) is 0. The molecule has 88 valence electrons. The Labute approximate surface area is 103 Å². The molecule has 1 aromatic rings. The zero-order valence-electron chi connectivity index (χ0n) is 9.35. The summed E-state index contributed by atoms with van der Waals surface area (Å²) in [4.78, 5) is 16.6. The molecule has 1 aliphatic heterocycles. The van der Waals surface area contributed by atoms with Gasteiger partial charge in [-0.05, 0) is 19.1 Å². The Morgan fingerprint density at radius 1 is 1.41 bits per heavy atom. The van der Waals surface area contributed by atoms with Crippen LogP contribution in [0.4, 0.5) is 5.69 Å². The second-order valence-electron chi connectivity index (χ2n) is 3.38. The fourth-order valence-electron chi connectivity index (χ4n) is 1.48. The molecule has 0 bridgehead atoms. The van der Waals surface area contributed by atoms with E-state index in [1.54, 1.807) is 31.2 Å². The molecule has 0 N–H and O–H groups in total. The molecule has 0 saturated heterocycles. The maximum atomic E-state index is 12.0. The molecule has 2 rings (SSSR count). The van der Waals surface area contributed by atoms with Crippen molar-refractivity contribution in [3.8, 4) is 0 Å². The first-order valence-electron chi connectivity index (χ1n) is 4.91. The molecule has 0 saturated carbocycles. The van der Waals surface area contributed by atoms with E-state index in [9.17, 15) is 4.79 Å². The number of carbonyl (C=O) groups is 1. The lowest BCUT2D eigenvalue weighted by molar-refractivity contribution is -0.112. The molecule has 17 heavy (non-hydrogen) atoms. The number of amides is 1. The number of hydrogen-bond acceptors (Lipinski definition) is 4. The number of anilines is 1. The molecule has 0 fully saturated rings. The molecule has 1 aliphatic rings. The number of nitrogens with zero attached hydrogens (tertiary/aromatic N) is 3. The van der Waals surface area contributed by atoms with Gasteiger partial charge in [0.1, 0.15) is 7.11 Å². The van der Waals surface area contributed by atoms with Gasteiger partial charge >= 0.3 is 5.91 Å². The second kappa shape index (κ2) is 4.55. The van der Waals surface area contributed by atoms with Crippen LogP contribution in [0.15, 0.2) is 34.5 Å². The number of hydrazone groups is 1. The molecular weight excluding hydrogens is 242 g/mol. The second-order valence-corrected chi connectivity index (χ2v) is 3.78. The Morgan fingerprint density at radius 3 is 2.76 bits per heavy atom. The van der Waals surface area contributed by atoms with E-state index in [2.05, 4.69) is 15.1 Å². The van der Waals surface area contributed by atoms with Crippen molar-refractivity contribution in [3.05, 3.63) is 29.3 Å². The normalized spacial score (nSPS) is 17.6. The first kappa shape index (κ1) is 11.6. The quantitative estimate of drug-likeness (QED) is 0.756. The number of halogens is 1. The third kappa shape index (κ3) is 2.01. The van der Waals surface area contributed by atoms with Crippen molar-refractivity contribution in [2.75, 3.05) is 12.1 Å². The molecule has 0 aliphatic carbocycles. The molecule has 0 radical (unpaired) electrons. The molecular formula is C11H10ClN3O2. The van der Waals surface area contributed by atoms with Crippen LogP contribution in [-0.4, -0.2) is 24.4 Å². The third-order valence-corrected chi connectivity index (χ3v) is 2.57. The van der Waals surface area contributed by atoms with E-state index in [-0.39, 0.29) is 11.6 Å². The van der Waals surface area contributed by atoms with Crippen molar-refractivity contribution >= 4 is 34.6 Å². The van der Waals surface area contributed by atoms with Crippen molar-refractivity contribution in [2.24, 2.45) is 10.3 Å². The number of hydrogen-bond donors (Lipinski definition) is 0. The first-order chi connectivity index (χ1) is 8.15. The Balaban J connectivity index is 2.42. The van der Waals surface area contributed by atoms with Gasteiger partial charge in [0.25, 0.3) is 0 Å². The Kier molecular flexibility index (Phi) is 3.10. The van der Waals surface area contributed by atoms with Crippen LogP contribution in [0.2, 0.25) is 5.02 Å². The van der Waals surface area contributed by atoms with Gasteiger partial charge in [-0.25, -0.2) is 0 Å². The van der Waals surface area contributed by atoms with Gasteiger partial charge in [0, 0.05) is 0 Å². The van der Waals surface area contributed by atoms with Crippen molar-refractivity contribution < 1.29 is 9.63 Å². The highest BCUT2D eigenvalue weighted by atomic mass is 35.5. The molecule has 1 aromatic carbocycles. The van der Waals surface area contributed by atoms with Crippen LogP contribution in [0, 0.1) is 0 Å². The summed E-state index contributed by atoms with van der Waals surface area (Å²) in [5.41, 5.74) is 1.21. The SMILES string of the molecule is CON=C1C(=O)N(c2ccccc2Cl)N=C1C. The Bertz CT molecular complexity index is 525. The highest BCUT2D eigenvalue weighted by Gasteiger charge is 2.32. The van der Waals surface area contributed by atoms with Gasteiger partial charge in [-0.15, -0.1) is 0 Å². The van der Waals surface area contributed by atoms with E-state index < -0.39 is 0 Å². The molecule has 0 aromatic heterocycles. The van der Waals surface area contributed by atoms with Crippen LogP contribution < -0.4 is 5.01 Å². The van der Waals surface area contributed by atoms with Crippen molar-refractivity contribution in [3.63, 3.8) is 0 Å². The zero-order valence-corrected chi connectivity index (χ0v) is 10.1. The highest BCUT2D eigenvalue weighted by molar-refractivity contribution is 6.71. The number of benzene rings is 1. The van der Waals surface area contributed by atoms with Crippen LogP contribution in [0.5, 0.6) is 0 Å². The molecule has 0 unspecified atom stereocenters. The number of para-hydroxylation sites is 1. The van der Waals surface area contributed by atoms with E-state index in [1.165, 1.54) is 12.1 Å². The van der Waals surface area contributed by atoms with Crippen LogP contribution in [0.3, 0.4) is 0 Å². The van der Waals surface area contributed by atoms with Crippen molar-refractivity contribution in [2.45, 2.75) is 6.92 Å². The standard InChI is InChI=1S/C11H10ClN3O2/c1-7-10(14-17-2)11(16)15(13-7)9-6-4-3-5-8(9)12/h3-6H,1-2H3. The Morgan fingerprint density at radius 2 is 2.12 bits per heavy atom. The first-order valence-corrected chi connectivity index (χ1v) is 5.28. The summed E-state index contributed by atoms with van der Waals surface area (Å²) in [5.74, 6) is -0.350. The van der Waals surface area contributed by atoms with Crippen LogP contribution in [0.1, 0.15) is 6.92 Å². The van der Waals surface area contributed by atoms with E-state index in [4.69, 9.17) is 11.6 Å². The van der Waals surface area contributed by atoms with Crippen molar-refractivity contribution in [1.82, 2.24) is 0 Å². The van der Waals surface area contributed by atoms with Gasteiger partial charge < -0.3 is 4.84 Å². The van der Waals surface area contributed by atoms with Crippen molar-refractivity contribution in [1.29, 1.82) is 0 Å². The third-order valence-electron chi connectivity index (χ3n) is 2.25. The van der Waals surface area contributed by atoms with E-state index in [0.29, 0.717) is 16.4 Å². The molecule has 0 atom stereocenters. The molecule has 6 heteroatoms. The van der Waals surface area contributed by atoms with Crippen LogP contribution >= 0.6 is 11.6 Å². The fraction of sp³-hybridized carbons (Fsp3) is 0.182. The van der Waals surface area contributed by atoms with Gasteiger partial charge in [-0.2, -0.15) is 10.1 Å². The molecule has 1 heterocycles. The lowest BCUT2D eigenvalue weighted by Gasteiger charge is -2.12. The predicted molar refractivity (Wildman–Crippen MR) is 66.5 cm³/mol. The smallest absolute Gasteiger partial charge is 0.302 e. The fourth-order valence-corrected chi connectivity index (χ4v) is 1.70. The lowest BCUT2D eigenvalue weighted by atomic mass is 10.2. The minimum absolute atomic E-state index is 0.187. The van der Waals surface area contributed by atoms with Crippen LogP contribution in [0.25, 0.3) is 0 Å². The van der Waals surface area contributed by atoms with Gasteiger partial charge in [0.05, 0.1) is 16.4 Å². The Hall–Kier alpha value is -1.88. The predicted octanol–water partition coefficient (Wildman–Crippen LogP) is 2.06. The summed E-state index contributed by atoms with van der Waals surface area (Å²) >= 11 is 6.01. The maximum Gasteiger partial charge on any atom is 0.302 e. The average Bonchev–Trinajstić information content (AvgIpc) is 2.58. The minimum Gasteiger partial charge on any atom is -0.398 e. The molecule has 1 amide bonds. The summed E-state index contributed by atoms with van der Waals surface area (Å²) < 4.78 is 0. The largest absolute Gasteiger partial charge is 0.398 e.